The number of nitrogens with zero attached hydrogens (tertiary/aromatic N) is 3. The van der Waals surface area contributed by atoms with Gasteiger partial charge in [0.1, 0.15) is 5.00 Å². The Morgan fingerprint density at radius 2 is 1.81 bits per heavy atom. The first-order chi connectivity index (χ1) is 15.2. The van der Waals surface area contributed by atoms with Crippen molar-refractivity contribution in [1.29, 1.82) is 0 Å². The molecule has 1 N–H and O–H groups in total. The largest absolute Gasteiger partial charge is 0.336 e. The van der Waals surface area contributed by atoms with Gasteiger partial charge in [0.15, 0.2) is 0 Å². The number of thiophene rings is 1. The number of pyridine rings is 1. The number of hydrogen-bond donors (Lipinski definition) is 1. The van der Waals surface area contributed by atoms with Crippen molar-refractivity contribution in [2.75, 3.05) is 31.5 Å². The average molecular weight is 439 g/mol. The van der Waals surface area contributed by atoms with E-state index in [9.17, 15) is 9.59 Å². The van der Waals surface area contributed by atoms with Crippen molar-refractivity contribution in [2.24, 2.45) is 0 Å². The van der Waals surface area contributed by atoms with Crippen molar-refractivity contribution in [3.05, 3.63) is 46.1 Å². The van der Waals surface area contributed by atoms with Crippen LogP contribution < -0.4 is 5.32 Å². The molecule has 2 amide bonds. The predicted octanol–water partition coefficient (Wildman–Crippen LogP) is 3.97. The fourth-order valence-corrected chi connectivity index (χ4v) is 6.55. The van der Waals surface area contributed by atoms with Crippen LogP contribution in [0.1, 0.15) is 69.7 Å². The van der Waals surface area contributed by atoms with E-state index in [4.69, 9.17) is 0 Å². The maximum absolute atomic E-state index is 13.7. The first-order valence-corrected chi connectivity index (χ1v) is 12.4. The fraction of sp³-hybridized carbons (Fsp3) is 0.542. The van der Waals surface area contributed by atoms with Gasteiger partial charge in [-0.1, -0.05) is 12.8 Å². The summed E-state index contributed by atoms with van der Waals surface area (Å²) in [4.78, 5) is 36.3. The number of amides is 2. The monoisotopic (exact) mass is 438 g/mol. The van der Waals surface area contributed by atoms with E-state index in [1.165, 1.54) is 36.1 Å². The summed E-state index contributed by atoms with van der Waals surface area (Å²) in [5, 5.41) is 3.75. The molecule has 164 valence electrons. The van der Waals surface area contributed by atoms with E-state index < -0.39 is 0 Å². The smallest absolute Gasteiger partial charge is 0.257 e. The molecule has 1 aliphatic heterocycles. The zero-order valence-corrected chi connectivity index (χ0v) is 18.8. The Balaban J connectivity index is 1.35. The summed E-state index contributed by atoms with van der Waals surface area (Å²) in [6, 6.07) is 4.21. The number of carbonyl (C=O) groups excluding carboxylic acids is 2. The van der Waals surface area contributed by atoms with Crippen LogP contribution in [-0.4, -0.2) is 58.8 Å². The highest BCUT2D eigenvalue weighted by Crippen LogP contribution is 2.39. The van der Waals surface area contributed by atoms with E-state index >= 15 is 0 Å². The van der Waals surface area contributed by atoms with Gasteiger partial charge in [0.05, 0.1) is 11.1 Å². The molecule has 3 aliphatic rings. The van der Waals surface area contributed by atoms with Gasteiger partial charge in [-0.3, -0.25) is 19.5 Å². The van der Waals surface area contributed by atoms with E-state index in [0.717, 1.165) is 57.4 Å². The van der Waals surface area contributed by atoms with Gasteiger partial charge >= 0.3 is 0 Å². The van der Waals surface area contributed by atoms with Gasteiger partial charge < -0.3 is 10.2 Å². The van der Waals surface area contributed by atoms with Crippen LogP contribution in [0.4, 0.5) is 5.00 Å². The average Bonchev–Trinajstić information content (AvgIpc) is 3.47. The van der Waals surface area contributed by atoms with Crippen LogP contribution in [0.15, 0.2) is 24.5 Å². The van der Waals surface area contributed by atoms with Crippen molar-refractivity contribution in [3.63, 3.8) is 0 Å². The van der Waals surface area contributed by atoms with Crippen molar-refractivity contribution in [2.45, 2.75) is 57.4 Å². The second-order valence-electron chi connectivity index (χ2n) is 8.88. The summed E-state index contributed by atoms with van der Waals surface area (Å²) in [6.45, 7) is 3.46. The minimum atomic E-state index is -0.202. The molecule has 0 atom stereocenters. The van der Waals surface area contributed by atoms with E-state index in [0.29, 0.717) is 16.6 Å². The Bertz CT molecular complexity index is 944. The molecule has 7 heteroatoms. The summed E-state index contributed by atoms with van der Waals surface area (Å²) >= 11 is 1.59. The van der Waals surface area contributed by atoms with Crippen LogP contribution in [0.5, 0.6) is 0 Å². The number of piperazine rings is 1. The highest BCUT2D eigenvalue weighted by atomic mass is 32.1. The summed E-state index contributed by atoms with van der Waals surface area (Å²) in [7, 11) is 0. The molecule has 0 aromatic carbocycles. The summed E-state index contributed by atoms with van der Waals surface area (Å²) < 4.78 is 0. The first-order valence-electron chi connectivity index (χ1n) is 11.6. The van der Waals surface area contributed by atoms with Crippen LogP contribution in [0, 0.1) is 0 Å². The van der Waals surface area contributed by atoms with Crippen LogP contribution in [0.3, 0.4) is 0 Å². The second kappa shape index (κ2) is 9.09. The minimum Gasteiger partial charge on any atom is -0.336 e. The Morgan fingerprint density at radius 3 is 2.55 bits per heavy atom. The fourth-order valence-electron chi connectivity index (χ4n) is 5.27. The van der Waals surface area contributed by atoms with Gasteiger partial charge in [0, 0.05) is 49.5 Å². The van der Waals surface area contributed by atoms with Crippen LogP contribution in [0.25, 0.3) is 0 Å². The molecule has 31 heavy (non-hydrogen) atoms. The number of carbonyl (C=O) groups is 2. The standard InChI is InChI=1S/C24H30N4O2S/c29-22(17-6-5-11-25-16-17)26-23-21(19-9-3-4-10-20(19)31-23)24(30)28-14-12-27(13-15-28)18-7-1-2-8-18/h5-6,11,16,18H,1-4,7-10,12-15H2,(H,26,29). The number of hydrogen-bond acceptors (Lipinski definition) is 5. The number of fused-ring (bicyclic) bond motifs is 1. The van der Waals surface area contributed by atoms with Crippen LogP contribution in [-0.2, 0) is 12.8 Å². The maximum Gasteiger partial charge on any atom is 0.257 e. The Kier molecular flexibility index (Phi) is 6.05. The number of aromatic nitrogens is 1. The molecule has 2 aliphatic carbocycles. The summed E-state index contributed by atoms with van der Waals surface area (Å²) in [6.07, 6.45) is 12.7. The Labute approximate surface area is 187 Å². The highest BCUT2D eigenvalue weighted by molar-refractivity contribution is 7.17. The summed E-state index contributed by atoms with van der Waals surface area (Å²) in [5.41, 5.74) is 2.42. The third kappa shape index (κ3) is 4.26. The molecule has 0 bridgehead atoms. The van der Waals surface area contributed by atoms with Gasteiger partial charge in [-0.15, -0.1) is 11.3 Å². The molecule has 0 unspecified atom stereocenters. The summed E-state index contributed by atoms with van der Waals surface area (Å²) in [5.74, 6) is -0.112. The van der Waals surface area contributed by atoms with Gasteiger partial charge in [-0.05, 0) is 56.2 Å². The number of nitrogens with one attached hydrogen (secondary N) is 1. The lowest BCUT2D eigenvalue weighted by Gasteiger charge is -2.38. The van der Waals surface area contributed by atoms with E-state index in [2.05, 4.69) is 15.2 Å². The zero-order valence-electron chi connectivity index (χ0n) is 17.9. The van der Waals surface area contributed by atoms with Gasteiger partial charge in [0.25, 0.3) is 11.8 Å². The lowest BCUT2D eigenvalue weighted by Crippen LogP contribution is -2.51. The van der Waals surface area contributed by atoms with Crippen LogP contribution in [0.2, 0.25) is 0 Å². The SMILES string of the molecule is O=C(Nc1sc2c(c1C(=O)N1CCN(C3CCCC3)CC1)CCCC2)c1cccnc1. The zero-order chi connectivity index (χ0) is 21.2. The highest BCUT2D eigenvalue weighted by Gasteiger charge is 2.32. The number of aryl methyl sites for hydroxylation is 1. The Hall–Kier alpha value is -2.25. The molecule has 5 rings (SSSR count). The molecule has 1 saturated carbocycles. The predicted molar refractivity (Wildman–Crippen MR) is 123 cm³/mol. The molecule has 2 aromatic heterocycles. The lowest BCUT2D eigenvalue weighted by atomic mass is 9.94. The molecule has 1 saturated heterocycles. The third-order valence-electron chi connectivity index (χ3n) is 6.98. The second-order valence-corrected chi connectivity index (χ2v) is 9.98. The molecular weight excluding hydrogens is 408 g/mol. The van der Waals surface area contributed by atoms with Gasteiger partial charge in [-0.2, -0.15) is 0 Å². The topological polar surface area (TPSA) is 65.5 Å². The Morgan fingerprint density at radius 1 is 1.03 bits per heavy atom. The quantitative estimate of drug-likeness (QED) is 0.784. The van der Waals surface area contributed by atoms with E-state index in [-0.39, 0.29) is 11.8 Å². The molecular formula is C24H30N4O2S. The van der Waals surface area contributed by atoms with E-state index in [1.54, 1.807) is 35.9 Å². The number of anilines is 1. The van der Waals surface area contributed by atoms with Crippen molar-refractivity contribution < 1.29 is 9.59 Å². The molecule has 6 nitrogen and oxygen atoms in total. The molecule has 2 fully saturated rings. The van der Waals surface area contributed by atoms with Gasteiger partial charge in [0.2, 0.25) is 0 Å². The van der Waals surface area contributed by atoms with E-state index in [1.807, 2.05) is 4.90 Å². The molecule has 0 radical (unpaired) electrons. The van der Waals surface area contributed by atoms with Crippen molar-refractivity contribution >= 4 is 28.2 Å². The minimum absolute atomic E-state index is 0.0898. The van der Waals surface area contributed by atoms with Crippen LogP contribution >= 0.6 is 11.3 Å². The molecule has 3 heterocycles. The maximum atomic E-state index is 13.7. The normalized spacial score (nSPS) is 19.9. The lowest BCUT2D eigenvalue weighted by molar-refractivity contribution is 0.0573. The molecule has 2 aromatic rings. The molecule has 0 spiro atoms. The van der Waals surface area contributed by atoms with Crippen molar-refractivity contribution in [1.82, 2.24) is 14.8 Å². The third-order valence-corrected chi connectivity index (χ3v) is 8.19. The first kappa shape index (κ1) is 20.6. The number of rotatable bonds is 4. The van der Waals surface area contributed by atoms with Gasteiger partial charge in [-0.25, -0.2) is 0 Å². The van der Waals surface area contributed by atoms with Crippen molar-refractivity contribution in [3.8, 4) is 0 Å².